The van der Waals surface area contributed by atoms with E-state index in [2.05, 4.69) is 4.98 Å². The molecule has 0 aliphatic carbocycles. The predicted octanol–water partition coefficient (Wildman–Crippen LogP) is 6.14. The van der Waals surface area contributed by atoms with E-state index in [1.54, 1.807) is 16.3 Å². The maximum Gasteiger partial charge on any atom is 0.416 e. The van der Waals surface area contributed by atoms with Gasteiger partial charge >= 0.3 is 6.18 Å². The minimum atomic E-state index is -4.37. The molecular formula is C19H16ClF3N2OS2. The van der Waals surface area contributed by atoms with Crippen LogP contribution in [-0.4, -0.2) is 22.3 Å². The molecular weight excluding hydrogens is 429 g/mol. The summed E-state index contributed by atoms with van der Waals surface area (Å²) in [6, 6.07) is 8.56. The smallest absolute Gasteiger partial charge is 0.337 e. The zero-order valence-corrected chi connectivity index (χ0v) is 17.2. The highest BCUT2D eigenvalue weighted by Crippen LogP contribution is 2.32. The largest absolute Gasteiger partial charge is 0.416 e. The monoisotopic (exact) mass is 444 g/mol. The normalized spacial score (nSPS) is 11.6. The summed E-state index contributed by atoms with van der Waals surface area (Å²) in [5.41, 5.74) is 0.500. The maximum absolute atomic E-state index is 12.7. The third-order valence-electron chi connectivity index (χ3n) is 4.05. The van der Waals surface area contributed by atoms with Crippen LogP contribution < -0.4 is 0 Å². The number of hydrogen-bond acceptors (Lipinski definition) is 4. The number of likely N-dealkylation sites (N-methyl/N-ethyl adjacent to an activating group) is 1. The number of carbonyl (C=O) groups is 1. The highest BCUT2D eigenvalue weighted by atomic mass is 35.5. The second-order valence-electron chi connectivity index (χ2n) is 6.01. The van der Waals surface area contributed by atoms with Gasteiger partial charge in [0.1, 0.15) is 5.01 Å². The Morgan fingerprint density at radius 2 is 1.89 bits per heavy atom. The van der Waals surface area contributed by atoms with Crippen LogP contribution in [0, 0.1) is 0 Å². The molecule has 1 amide bonds. The number of alkyl halides is 3. The number of carbonyl (C=O) groups excluding carboxylic acids is 1. The molecule has 0 radical (unpaired) electrons. The Hall–Kier alpha value is -1.90. The highest BCUT2D eigenvalue weighted by molar-refractivity contribution is 7.16. The van der Waals surface area contributed by atoms with Gasteiger partial charge in [0, 0.05) is 22.4 Å². The van der Waals surface area contributed by atoms with Crippen LogP contribution in [0.2, 0.25) is 4.34 Å². The molecule has 0 N–H and O–H groups in total. The number of halogens is 4. The van der Waals surface area contributed by atoms with Crippen LogP contribution in [0.3, 0.4) is 0 Å². The summed E-state index contributed by atoms with van der Waals surface area (Å²) in [5.74, 6) is -0.0590. The van der Waals surface area contributed by atoms with Crippen LogP contribution in [0.25, 0.3) is 10.6 Å². The van der Waals surface area contributed by atoms with E-state index < -0.39 is 11.7 Å². The van der Waals surface area contributed by atoms with Crippen molar-refractivity contribution in [1.29, 1.82) is 0 Å². The number of nitrogens with zero attached hydrogens (tertiary/aromatic N) is 2. The van der Waals surface area contributed by atoms with E-state index in [4.69, 9.17) is 11.6 Å². The molecule has 0 bridgehead atoms. The Morgan fingerprint density at radius 1 is 1.18 bits per heavy atom. The van der Waals surface area contributed by atoms with E-state index in [9.17, 15) is 18.0 Å². The number of aromatic nitrogens is 1. The van der Waals surface area contributed by atoms with E-state index in [0.29, 0.717) is 33.7 Å². The van der Waals surface area contributed by atoms with Gasteiger partial charge in [-0.3, -0.25) is 4.79 Å². The molecule has 28 heavy (non-hydrogen) atoms. The summed E-state index contributed by atoms with van der Waals surface area (Å²) < 4.78 is 38.7. The van der Waals surface area contributed by atoms with Gasteiger partial charge in [-0.25, -0.2) is 4.98 Å². The van der Waals surface area contributed by atoms with Gasteiger partial charge < -0.3 is 4.90 Å². The third kappa shape index (κ3) is 5.12. The molecule has 1 aromatic carbocycles. The Balaban J connectivity index is 1.67. The Bertz CT molecular complexity index is 951. The van der Waals surface area contributed by atoms with Crippen molar-refractivity contribution in [3.63, 3.8) is 0 Å². The zero-order valence-electron chi connectivity index (χ0n) is 14.8. The summed E-state index contributed by atoms with van der Waals surface area (Å²) in [6.07, 6.45) is -4.22. The first-order valence-electron chi connectivity index (χ1n) is 8.40. The molecule has 0 unspecified atom stereocenters. The fraction of sp³-hybridized carbons (Fsp3) is 0.263. The first kappa shape index (κ1) is 20.8. The lowest BCUT2D eigenvalue weighted by Gasteiger charge is -2.19. The lowest BCUT2D eigenvalue weighted by molar-refractivity contribution is -0.137. The Labute approximate surface area is 173 Å². The molecule has 9 heteroatoms. The van der Waals surface area contributed by atoms with Crippen LogP contribution in [-0.2, 0) is 23.9 Å². The predicted molar refractivity (Wildman–Crippen MR) is 107 cm³/mol. The summed E-state index contributed by atoms with van der Waals surface area (Å²) in [4.78, 5) is 19.7. The lowest BCUT2D eigenvalue weighted by atomic mass is 10.1. The van der Waals surface area contributed by atoms with Gasteiger partial charge in [0.2, 0.25) is 5.91 Å². The highest BCUT2D eigenvalue weighted by Gasteiger charge is 2.30. The number of rotatable bonds is 6. The Kier molecular flexibility index (Phi) is 6.42. The van der Waals surface area contributed by atoms with Crippen molar-refractivity contribution in [2.24, 2.45) is 0 Å². The number of benzene rings is 1. The van der Waals surface area contributed by atoms with Crippen molar-refractivity contribution in [3.8, 4) is 10.6 Å². The quantitative estimate of drug-likeness (QED) is 0.458. The lowest BCUT2D eigenvalue weighted by Crippen LogP contribution is -2.31. The van der Waals surface area contributed by atoms with E-state index in [-0.39, 0.29) is 12.3 Å². The molecule has 3 aromatic rings. The van der Waals surface area contributed by atoms with Crippen molar-refractivity contribution in [2.75, 3.05) is 6.54 Å². The van der Waals surface area contributed by atoms with Crippen molar-refractivity contribution >= 4 is 40.2 Å². The zero-order chi connectivity index (χ0) is 20.3. The minimum Gasteiger partial charge on any atom is -0.337 e. The Morgan fingerprint density at radius 3 is 2.46 bits per heavy atom. The molecule has 2 aromatic heterocycles. The molecule has 148 valence electrons. The van der Waals surface area contributed by atoms with Gasteiger partial charge in [0.05, 0.1) is 28.6 Å². The van der Waals surface area contributed by atoms with Gasteiger partial charge in [0.15, 0.2) is 0 Å². The molecule has 0 spiro atoms. The van der Waals surface area contributed by atoms with Crippen molar-refractivity contribution in [3.05, 3.63) is 62.2 Å². The van der Waals surface area contributed by atoms with Crippen LogP contribution in [0.4, 0.5) is 13.2 Å². The second-order valence-corrected chi connectivity index (χ2v) is 8.67. The molecule has 3 nitrogen and oxygen atoms in total. The van der Waals surface area contributed by atoms with Crippen LogP contribution in [0.1, 0.15) is 23.1 Å². The number of thiazole rings is 1. The van der Waals surface area contributed by atoms with Gasteiger partial charge in [-0.15, -0.1) is 22.7 Å². The van der Waals surface area contributed by atoms with Gasteiger partial charge in [0.25, 0.3) is 0 Å². The molecule has 3 rings (SSSR count). The molecule has 0 saturated carbocycles. The van der Waals surface area contributed by atoms with Crippen LogP contribution in [0.15, 0.2) is 41.8 Å². The molecule has 0 atom stereocenters. The van der Waals surface area contributed by atoms with E-state index in [0.717, 1.165) is 17.0 Å². The number of thiophene rings is 1. The van der Waals surface area contributed by atoms with E-state index in [1.807, 2.05) is 13.0 Å². The molecule has 0 aliphatic heterocycles. The van der Waals surface area contributed by atoms with Crippen molar-refractivity contribution in [1.82, 2.24) is 9.88 Å². The number of hydrogen-bond donors (Lipinski definition) is 0. The SMILES string of the molecule is CCN(Cc1ccc(Cl)s1)C(=O)Cc1csc(-c2ccc(C(F)(F)F)cc2)n1. The summed E-state index contributed by atoms with van der Waals surface area (Å²) in [5, 5.41) is 2.35. The second kappa shape index (κ2) is 8.63. The fourth-order valence-corrected chi connectivity index (χ4v) is 4.52. The fourth-order valence-electron chi connectivity index (χ4n) is 2.59. The van der Waals surface area contributed by atoms with Crippen molar-refractivity contribution in [2.45, 2.75) is 26.1 Å². The third-order valence-corrected chi connectivity index (χ3v) is 6.21. The summed E-state index contributed by atoms with van der Waals surface area (Å²) in [6.45, 7) is 2.95. The van der Waals surface area contributed by atoms with Crippen LogP contribution in [0.5, 0.6) is 0 Å². The average Bonchev–Trinajstić information content (AvgIpc) is 3.28. The molecule has 0 fully saturated rings. The molecule has 0 saturated heterocycles. The molecule has 2 heterocycles. The van der Waals surface area contributed by atoms with Crippen molar-refractivity contribution < 1.29 is 18.0 Å². The summed E-state index contributed by atoms with van der Waals surface area (Å²) >= 11 is 8.68. The minimum absolute atomic E-state index is 0.0590. The molecule has 0 aliphatic rings. The maximum atomic E-state index is 12.7. The topological polar surface area (TPSA) is 33.2 Å². The summed E-state index contributed by atoms with van der Waals surface area (Å²) in [7, 11) is 0. The van der Waals surface area contributed by atoms with E-state index >= 15 is 0 Å². The van der Waals surface area contributed by atoms with Gasteiger partial charge in [-0.1, -0.05) is 23.7 Å². The number of amides is 1. The van der Waals surface area contributed by atoms with Crippen LogP contribution >= 0.6 is 34.3 Å². The average molecular weight is 445 g/mol. The van der Waals surface area contributed by atoms with E-state index in [1.165, 1.54) is 34.8 Å². The first-order valence-corrected chi connectivity index (χ1v) is 10.5. The first-order chi connectivity index (χ1) is 13.3. The van der Waals surface area contributed by atoms with Gasteiger partial charge in [-0.2, -0.15) is 13.2 Å². The standard InChI is InChI=1S/C19H16ClF3N2OS2/c1-2-25(10-15-7-8-16(20)28-15)17(26)9-14-11-27-18(24-14)12-3-5-13(6-4-12)19(21,22)23/h3-8,11H,2,9-10H2,1H3. The van der Waals surface area contributed by atoms with Gasteiger partial charge in [-0.05, 0) is 31.2 Å².